The Morgan fingerprint density at radius 1 is 1.12 bits per heavy atom. The van der Waals surface area contributed by atoms with Crippen LogP contribution in [0.15, 0.2) is 36.5 Å². The van der Waals surface area contributed by atoms with E-state index < -0.39 is 11.8 Å². The van der Waals surface area contributed by atoms with E-state index in [0.717, 1.165) is 4.90 Å². The molecular formula is C18H17N3O5. The molecule has 0 bridgehead atoms. The maximum Gasteiger partial charge on any atom is 0.280 e. The number of imide groups is 1. The Morgan fingerprint density at radius 2 is 1.88 bits per heavy atom. The van der Waals surface area contributed by atoms with Crippen LogP contribution in [0, 0.1) is 0 Å². The first kappa shape index (κ1) is 17.4. The van der Waals surface area contributed by atoms with E-state index in [1.54, 1.807) is 30.3 Å². The predicted molar refractivity (Wildman–Crippen MR) is 92.4 cm³/mol. The molecule has 0 spiro atoms. The Hall–Kier alpha value is -3.42. The normalized spacial score (nSPS) is 12.8. The first-order chi connectivity index (χ1) is 12.5. The van der Waals surface area contributed by atoms with Gasteiger partial charge < -0.3 is 14.8 Å². The number of anilines is 1. The van der Waals surface area contributed by atoms with Crippen LogP contribution >= 0.6 is 0 Å². The van der Waals surface area contributed by atoms with Gasteiger partial charge in [0, 0.05) is 30.9 Å². The third kappa shape index (κ3) is 3.21. The van der Waals surface area contributed by atoms with Crippen molar-refractivity contribution in [2.24, 2.45) is 0 Å². The van der Waals surface area contributed by atoms with Gasteiger partial charge in [-0.25, -0.2) is 0 Å². The fourth-order valence-electron chi connectivity index (χ4n) is 2.67. The molecule has 0 radical (unpaired) electrons. The lowest BCUT2D eigenvalue weighted by Gasteiger charge is -2.14. The molecule has 1 aromatic heterocycles. The number of amides is 3. The summed E-state index contributed by atoms with van der Waals surface area (Å²) in [5.41, 5.74) is 0.910. The molecule has 134 valence electrons. The molecule has 0 fully saturated rings. The molecular weight excluding hydrogens is 338 g/mol. The van der Waals surface area contributed by atoms with Gasteiger partial charge in [-0.15, -0.1) is 0 Å². The van der Waals surface area contributed by atoms with Crippen molar-refractivity contribution in [2.75, 3.05) is 26.1 Å². The van der Waals surface area contributed by atoms with E-state index in [2.05, 4.69) is 10.3 Å². The highest BCUT2D eigenvalue weighted by Gasteiger charge is 2.36. The zero-order valence-corrected chi connectivity index (χ0v) is 14.3. The van der Waals surface area contributed by atoms with Gasteiger partial charge in [0.15, 0.2) is 11.5 Å². The van der Waals surface area contributed by atoms with E-state index >= 15 is 0 Å². The molecule has 1 aromatic carbocycles. The van der Waals surface area contributed by atoms with Gasteiger partial charge >= 0.3 is 0 Å². The third-order valence-electron chi connectivity index (χ3n) is 3.96. The van der Waals surface area contributed by atoms with Crippen LogP contribution in [0.5, 0.6) is 11.5 Å². The summed E-state index contributed by atoms with van der Waals surface area (Å²) in [6, 6.07) is 8.11. The molecule has 3 rings (SSSR count). The Labute approximate surface area is 149 Å². The molecule has 0 unspecified atom stereocenters. The maximum absolute atomic E-state index is 12.2. The topological polar surface area (TPSA) is 97.8 Å². The summed E-state index contributed by atoms with van der Waals surface area (Å²) in [6.07, 6.45) is 1.43. The van der Waals surface area contributed by atoms with E-state index in [0.29, 0.717) is 17.2 Å². The number of nitrogens with one attached hydrogen (secondary N) is 1. The number of rotatable bonds is 6. The monoisotopic (exact) mass is 355 g/mol. The minimum absolute atomic E-state index is 0.0207. The highest BCUT2D eigenvalue weighted by Crippen LogP contribution is 2.29. The van der Waals surface area contributed by atoms with Gasteiger partial charge in [-0.3, -0.25) is 24.3 Å². The second-order valence-corrected chi connectivity index (χ2v) is 5.53. The lowest BCUT2D eigenvalue weighted by Crippen LogP contribution is -2.33. The molecule has 0 saturated heterocycles. The van der Waals surface area contributed by atoms with Gasteiger partial charge in [-0.1, -0.05) is 0 Å². The number of methoxy groups -OCH3 is 2. The number of hydrogen-bond donors (Lipinski definition) is 1. The number of nitrogens with zero attached hydrogens (tertiary/aromatic N) is 2. The average molecular weight is 355 g/mol. The van der Waals surface area contributed by atoms with Gasteiger partial charge in [-0.2, -0.15) is 0 Å². The number of carbonyl (C=O) groups excluding carboxylic acids is 3. The Kier molecular flexibility index (Phi) is 4.83. The van der Waals surface area contributed by atoms with Crippen LogP contribution in [-0.4, -0.2) is 48.4 Å². The number of fused-ring (bicyclic) bond motifs is 1. The number of ether oxygens (including phenoxy) is 2. The fourth-order valence-corrected chi connectivity index (χ4v) is 2.67. The molecule has 26 heavy (non-hydrogen) atoms. The van der Waals surface area contributed by atoms with Crippen LogP contribution in [0.2, 0.25) is 0 Å². The Balaban J connectivity index is 1.62. The Bertz CT molecular complexity index is 846. The van der Waals surface area contributed by atoms with Crippen LogP contribution < -0.4 is 14.8 Å². The zero-order valence-electron chi connectivity index (χ0n) is 14.3. The highest BCUT2D eigenvalue weighted by atomic mass is 16.5. The molecule has 2 aromatic rings. The number of aromatic nitrogens is 1. The number of benzene rings is 1. The molecule has 3 amide bonds. The van der Waals surface area contributed by atoms with Crippen molar-refractivity contribution in [2.45, 2.75) is 6.42 Å². The SMILES string of the molecule is COc1ccc(NC(=O)CCN2C(=O)c3cccnc3C2=O)cc1OC. The van der Waals surface area contributed by atoms with Crippen molar-refractivity contribution < 1.29 is 23.9 Å². The third-order valence-corrected chi connectivity index (χ3v) is 3.96. The number of pyridine rings is 1. The molecule has 8 heteroatoms. The largest absolute Gasteiger partial charge is 0.493 e. The van der Waals surface area contributed by atoms with Crippen molar-refractivity contribution in [3.05, 3.63) is 47.8 Å². The summed E-state index contributed by atoms with van der Waals surface area (Å²) in [4.78, 5) is 41.6. The lowest BCUT2D eigenvalue weighted by molar-refractivity contribution is -0.116. The van der Waals surface area contributed by atoms with Gasteiger partial charge in [0.2, 0.25) is 5.91 Å². The smallest absolute Gasteiger partial charge is 0.280 e. The summed E-state index contributed by atoms with van der Waals surface area (Å²) in [5.74, 6) is -0.219. The highest BCUT2D eigenvalue weighted by molar-refractivity contribution is 6.20. The second-order valence-electron chi connectivity index (χ2n) is 5.53. The summed E-state index contributed by atoms with van der Waals surface area (Å²) in [7, 11) is 3.02. The van der Waals surface area contributed by atoms with E-state index in [4.69, 9.17) is 9.47 Å². The predicted octanol–water partition coefficient (Wildman–Crippen LogP) is 1.72. The van der Waals surface area contributed by atoms with Crippen molar-refractivity contribution in [1.82, 2.24) is 9.88 Å². The van der Waals surface area contributed by atoms with Crippen molar-refractivity contribution >= 4 is 23.4 Å². The average Bonchev–Trinajstić information content (AvgIpc) is 2.90. The van der Waals surface area contributed by atoms with Crippen LogP contribution in [0.4, 0.5) is 5.69 Å². The van der Waals surface area contributed by atoms with Crippen LogP contribution in [-0.2, 0) is 4.79 Å². The lowest BCUT2D eigenvalue weighted by atomic mass is 10.2. The van der Waals surface area contributed by atoms with Gasteiger partial charge in [0.1, 0.15) is 5.69 Å². The quantitative estimate of drug-likeness (QED) is 0.793. The van der Waals surface area contributed by atoms with E-state index in [1.165, 1.54) is 20.4 Å². The molecule has 0 saturated carbocycles. The summed E-state index contributed by atoms with van der Waals surface area (Å²) < 4.78 is 10.3. The summed E-state index contributed by atoms with van der Waals surface area (Å²) in [5, 5.41) is 2.70. The molecule has 1 aliphatic heterocycles. The first-order valence-corrected chi connectivity index (χ1v) is 7.88. The van der Waals surface area contributed by atoms with Crippen LogP contribution in [0.1, 0.15) is 27.3 Å². The molecule has 1 aliphatic rings. The van der Waals surface area contributed by atoms with Crippen molar-refractivity contribution in [3.63, 3.8) is 0 Å². The van der Waals surface area contributed by atoms with Crippen LogP contribution in [0.3, 0.4) is 0 Å². The van der Waals surface area contributed by atoms with E-state index in [-0.39, 0.29) is 30.1 Å². The first-order valence-electron chi connectivity index (χ1n) is 7.88. The van der Waals surface area contributed by atoms with Crippen LogP contribution in [0.25, 0.3) is 0 Å². The standard InChI is InChI=1S/C18H17N3O5/c1-25-13-6-5-11(10-14(13)26-2)20-15(22)7-9-21-17(23)12-4-3-8-19-16(12)18(21)24/h3-6,8,10H,7,9H2,1-2H3,(H,20,22). The van der Waals surface area contributed by atoms with Crippen molar-refractivity contribution in [1.29, 1.82) is 0 Å². The molecule has 0 atom stereocenters. The summed E-state index contributed by atoms with van der Waals surface area (Å²) in [6.45, 7) is -0.0207. The molecule has 0 aliphatic carbocycles. The van der Waals surface area contributed by atoms with Gasteiger partial charge in [0.05, 0.1) is 19.8 Å². The molecule has 2 heterocycles. The van der Waals surface area contributed by atoms with E-state index in [9.17, 15) is 14.4 Å². The second kappa shape index (κ2) is 7.22. The number of carbonyl (C=O) groups is 3. The summed E-state index contributed by atoms with van der Waals surface area (Å²) >= 11 is 0. The van der Waals surface area contributed by atoms with E-state index in [1.807, 2.05) is 0 Å². The van der Waals surface area contributed by atoms with Gasteiger partial charge in [0.25, 0.3) is 11.8 Å². The van der Waals surface area contributed by atoms with Gasteiger partial charge in [-0.05, 0) is 24.3 Å². The minimum Gasteiger partial charge on any atom is -0.493 e. The molecule has 8 nitrogen and oxygen atoms in total. The molecule has 1 N–H and O–H groups in total. The Morgan fingerprint density at radius 3 is 2.58 bits per heavy atom. The zero-order chi connectivity index (χ0) is 18.7. The number of hydrogen-bond acceptors (Lipinski definition) is 6. The minimum atomic E-state index is -0.482. The maximum atomic E-state index is 12.2. The fraction of sp³-hybridized carbons (Fsp3) is 0.222. The van der Waals surface area contributed by atoms with Crippen molar-refractivity contribution in [3.8, 4) is 11.5 Å².